The predicted octanol–water partition coefficient (Wildman–Crippen LogP) is 1.10. The van der Waals surface area contributed by atoms with Gasteiger partial charge in [0.05, 0.1) is 11.2 Å². The van der Waals surface area contributed by atoms with Gasteiger partial charge in [-0.3, -0.25) is 0 Å². The Morgan fingerprint density at radius 1 is 1.64 bits per heavy atom. The van der Waals surface area contributed by atoms with Gasteiger partial charge in [0.2, 0.25) is 0 Å². The van der Waals surface area contributed by atoms with Gasteiger partial charge >= 0.3 is 0 Å². The minimum Gasteiger partial charge on any atom is -0.316 e. The lowest BCUT2D eigenvalue weighted by molar-refractivity contribution is 0.219. The number of nitrogens with one attached hydrogen (secondary N) is 1. The predicted molar refractivity (Wildman–Crippen MR) is 59.5 cm³/mol. The van der Waals surface area contributed by atoms with Crippen molar-refractivity contribution in [1.82, 2.24) is 15.2 Å². The molecule has 0 spiro atoms. The van der Waals surface area contributed by atoms with E-state index >= 15 is 0 Å². The van der Waals surface area contributed by atoms with Crippen LogP contribution >= 0.6 is 11.3 Å². The molecule has 1 aromatic rings. The lowest BCUT2D eigenvalue weighted by atomic mass is 10.0. The number of aromatic nitrogens is 1. The summed E-state index contributed by atoms with van der Waals surface area (Å²) in [5, 5.41) is 3.30. The van der Waals surface area contributed by atoms with Gasteiger partial charge in [0.15, 0.2) is 0 Å². The second-order valence-electron chi connectivity index (χ2n) is 4.08. The Morgan fingerprint density at radius 3 is 2.93 bits per heavy atom. The summed E-state index contributed by atoms with van der Waals surface area (Å²) in [5.41, 5.74) is 3.12. The number of rotatable bonds is 4. The van der Waals surface area contributed by atoms with Crippen LogP contribution in [0.5, 0.6) is 0 Å². The van der Waals surface area contributed by atoms with E-state index in [1.165, 1.54) is 30.2 Å². The number of hydrogen-bond donors (Lipinski definition) is 1. The molecule has 2 rings (SSSR count). The van der Waals surface area contributed by atoms with Crippen molar-refractivity contribution in [2.24, 2.45) is 5.92 Å². The summed E-state index contributed by atoms with van der Waals surface area (Å²) < 4.78 is 0. The number of nitrogens with zero attached hydrogens (tertiary/aromatic N) is 2. The molecule has 0 aromatic carbocycles. The van der Waals surface area contributed by atoms with E-state index < -0.39 is 0 Å². The summed E-state index contributed by atoms with van der Waals surface area (Å²) >= 11 is 1.76. The average Bonchev–Trinajstić information content (AvgIpc) is 2.45. The molecule has 0 bridgehead atoms. The molecule has 1 aliphatic heterocycles. The maximum Gasteiger partial charge on any atom is 0.0798 e. The monoisotopic (exact) mass is 211 g/mol. The zero-order valence-electron chi connectivity index (χ0n) is 8.79. The Bertz CT molecular complexity index is 293. The highest BCUT2D eigenvalue weighted by atomic mass is 32.1. The van der Waals surface area contributed by atoms with Gasteiger partial charge in [0.1, 0.15) is 0 Å². The maximum absolute atomic E-state index is 4.26. The highest BCUT2D eigenvalue weighted by Crippen LogP contribution is 2.15. The van der Waals surface area contributed by atoms with Crippen LogP contribution in [0.3, 0.4) is 0 Å². The number of hydrogen-bond acceptors (Lipinski definition) is 4. The smallest absolute Gasteiger partial charge is 0.0798 e. The third-order valence-electron chi connectivity index (χ3n) is 2.69. The first kappa shape index (κ1) is 10.1. The molecule has 1 saturated heterocycles. The van der Waals surface area contributed by atoms with Crippen LogP contribution in [0.4, 0.5) is 0 Å². The molecule has 1 aromatic heterocycles. The van der Waals surface area contributed by atoms with E-state index in [0.717, 1.165) is 12.5 Å². The Hall–Kier alpha value is -0.450. The molecular weight excluding hydrogens is 194 g/mol. The average molecular weight is 211 g/mol. The molecule has 0 amide bonds. The van der Waals surface area contributed by atoms with E-state index in [-0.39, 0.29) is 0 Å². The molecule has 2 heterocycles. The van der Waals surface area contributed by atoms with Gasteiger partial charge in [-0.15, -0.1) is 11.3 Å². The summed E-state index contributed by atoms with van der Waals surface area (Å²) in [6.45, 7) is 6.71. The van der Waals surface area contributed by atoms with Crippen LogP contribution in [0.15, 0.2) is 5.51 Å². The summed E-state index contributed by atoms with van der Waals surface area (Å²) in [6, 6.07) is 0. The van der Waals surface area contributed by atoms with Crippen molar-refractivity contribution in [3.8, 4) is 0 Å². The molecule has 0 unspecified atom stereocenters. The lowest BCUT2D eigenvalue weighted by Gasteiger charge is -2.31. The Kier molecular flexibility index (Phi) is 3.15. The third kappa shape index (κ3) is 2.32. The lowest BCUT2D eigenvalue weighted by Crippen LogP contribution is -2.47. The van der Waals surface area contributed by atoms with Gasteiger partial charge in [-0.1, -0.05) is 0 Å². The largest absolute Gasteiger partial charge is 0.316 e. The van der Waals surface area contributed by atoms with Crippen molar-refractivity contribution in [2.45, 2.75) is 13.5 Å². The van der Waals surface area contributed by atoms with Gasteiger partial charge in [-0.2, -0.15) is 0 Å². The summed E-state index contributed by atoms with van der Waals surface area (Å²) in [7, 11) is 2.19. The van der Waals surface area contributed by atoms with Crippen LogP contribution in [0, 0.1) is 12.8 Å². The SMILES string of the molecule is Cc1ncsc1CN(C)CC1CNC1. The third-order valence-corrected chi connectivity index (χ3v) is 3.61. The summed E-state index contributed by atoms with van der Waals surface area (Å²) in [5.74, 6) is 0.855. The van der Waals surface area contributed by atoms with Crippen molar-refractivity contribution in [3.63, 3.8) is 0 Å². The summed E-state index contributed by atoms with van der Waals surface area (Å²) in [6.07, 6.45) is 0. The van der Waals surface area contributed by atoms with Crippen LogP contribution in [0.2, 0.25) is 0 Å². The Labute approximate surface area is 89.1 Å². The van der Waals surface area contributed by atoms with Crippen LogP contribution in [-0.4, -0.2) is 36.6 Å². The molecule has 4 heteroatoms. The van der Waals surface area contributed by atoms with E-state index in [2.05, 4.69) is 29.2 Å². The molecule has 1 aliphatic rings. The van der Waals surface area contributed by atoms with Gasteiger partial charge < -0.3 is 10.2 Å². The fraction of sp³-hybridized carbons (Fsp3) is 0.700. The molecule has 0 aliphatic carbocycles. The highest BCUT2D eigenvalue weighted by Gasteiger charge is 2.18. The first-order valence-electron chi connectivity index (χ1n) is 5.04. The Balaban J connectivity index is 1.81. The van der Waals surface area contributed by atoms with Gasteiger partial charge in [0.25, 0.3) is 0 Å². The van der Waals surface area contributed by atoms with Crippen molar-refractivity contribution in [3.05, 3.63) is 16.1 Å². The molecule has 3 nitrogen and oxygen atoms in total. The first-order chi connectivity index (χ1) is 6.75. The van der Waals surface area contributed by atoms with Crippen LogP contribution in [0.1, 0.15) is 10.6 Å². The van der Waals surface area contributed by atoms with E-state index in [1.54, 1.807) is 11.3 Å². The fourth-order valence-electron chi connectivity index (χ4n) is 1.71. The van der Waals surface area contributed by atoms with E-state index in [9.17, 15) is 0 Å². The number of thiazole rings is 1. The van der Waals surface area contributed by atoms with Crippen molar-refractivity contribution >= 4 is 11.3 Å². The first-order valence-corrected chi connectivity index (χ1v) is 5.92. The zero-order valence-corrected chi connectivity index (χ0v) is 9.60. The zero-order chi connectivity index (χ0) is 9.97. The van der Waals surface area contributed by atoms with Gasteiger partial charge in [0, 0.05) is 31.1 Å². The van der Waals surface area contributed by atoms with Gasteiger partial charge in [-0.05, 0) is 19.9 Å². The van der Waals surface area contributed by atoms with Crippen molar-refractivity contribution in [1.29, 1.82) is 0 Å². The molecule has 0 saturated carbocycles. The second-order valence-corrected chi connectivity index (χ2v) is 5.02. The molecule has 14 heavy (non-hydrogen) atoms. The Morgan fingerprint density at radius 2 is 2.43 bits per heavy atom. The molecule has 1 fully saturated rings. The fourth-order valence-corrected chi connectivity index (χ4v) is 2.56. The normalized spacial score (nSPS) is 17.4. The van der Waals surface area contributed by atoms with Crippen molar-refractivity contribution in [2.75, 3.05) is 26.7 Å². The van der Waals surface area contributed by atoms with E-state index in [0.29, 0.717) is 0 Å². The molecule has 1 N–H and O–H groups in total. The standard InChI is InChI=1S/C10H17N3S/c1-8-10(14-7-12-8)6-13(2)5-9-3-11-4-9/h7,9,11H,3-6H2,1-2H3. The van der Waals surface area contributed by atoms with E-state index in [4.69, 9.17) is 0 Å². The summed E-state index contributed by atoms with van der Waals surface area (Å²) in [4.78, 5) is 8.06. The van der Waals surface area contributed by atoms with Gasteiger partial charge in [-0.25, -0.2) is 4.98 Å². The van der Waals surface area contributed by atoms with Crippen molar-refractivity contribution < 1.29 is 0 Å². The maximum atomic E-state index is 4.26. The molecule has 0 atom stereocenters. The molecule has 78 valence electrons. The molecule has 0 radical (unpaired) electrons. The minimum atomic E-state index is 0.855. The minimum absolute atomic E-state index is 0.855. The molecular formula is C10H17N3S. The van der Waals surface area contributed by atoms with Crippen LogP contribution in [-0.2, 0) is 6.54 Å². The number of aryl methyl sites for hydroxylation is 1. The van der Waals surface area contributed by atoms with E-state index in [1.807, 2.05) is 5.51 Å². The quantitative estimate of drug-likeness (QED) is 0.808. The van der Waals surface area contributed by atoms with Crippen LogP contribution in [0.25, 0.3) is 0 Å². The van der Waals surface area contributed by atoms with Crippen LogP contribution < -0.4 is 5.32 Å². The highest BCUT2D eigenvalue weighted by molar-refractivity contribution is 7.09. The second kappa shape index (κ2) is 4.38. The topological polar surface area (TPSA) is 28.2 Å².